The largest absolute Gasteiger partial charge is 0.340 e. The van der Waals surface area contributed by atoms with E-state index in [0.29, 0.717) is 12.1 Å². The first kappa shape index (κ1) is 13.6. The minimum atomic E-state index is 0.322. The molecule has 0 aliphatic carbocycles. The lowest BCUT2D eigenvalue weighted by atomic mass is 10.2. The maximum Gasteiger partial charge on any atom is 0.210 e. The lowest BCUT2D eigenvalue weighted by Gasteiger charge is -2.25. The maximum atomic E-state index is 10.3. The van der Waals surface area contributed by atoms with Crippen LogP contribution in [-0.4, -0.2) is 28.4 Å². The molecular weight excluding hydrogens is 188 g/mol. The highest BCUT2D eigenvalue weighted by Crippen LogP contribution is 1.99. The fourth-order valence-corrected chi connectivity index (χ4v) is 1.15. The highest BCUT2D eigenvalue weighted by atomic mass is 16.1. The van der Waals surface area contributed by atoms with Crippen LogP contribution in [0.25, 0.3) is 0 Å². The molecule has 0 fully saturated rings. The number of hydrogen-bond acceptors (Lipinski definition) is 2. The average molecular weight is 208 g/mol. The Labute approximate surface area is 92.1 Å². The van der Waals surface area contributed by atoms with E-state index in [1.54, 1.807) is 17.3 Å². The van der Waals surface area contributed by atoms with Gasteiger partial charge in [-0.1, -0.05) is 6.07 Å². The number of nitrogens with zero attached hydrogens (tertiary/aromatic N) is 2. The Bertz CT molecular complexity index is 212. The Kier molecular flexibility index (Phi) is 7.24. The van der Waals surface area contributed by atoms with Gasteiger partial charge in [-0.05, 0) is 39.8 Å². The third kappa shape index (κ3) is 6.66. The number of pyridine rings is 1. The molecule has 0 N–H and O–H groups in total. The molecule has 0 radical (unpaired) electrons. The molecule has 1 rings (SSSR count). The first-order chi connectivity index (χ1) is 7.09. The molecule has 0 saturated heterocycles. The van der Waals surface area contributed by atoms with Gasteiger partial charge in [0.25, 0.3) is 0 Å². The molecule has 1 aromatic rings. The predicted octanol–water partition coefficient (Wildman–Crippen LogP) is 2.34. The fourth-order valence-electron chi connectivity index (χ4n) is 1.15. The summed E-state index contributed by atoms with van der Waals surface area (Å²) in [7, 11) is 0. The van der Waals surface area contributed by atoms with E-state index >= 15 is 0 Å². The Hall–Kier alpha value is -1.38. The molecule has 15 heavy (non-hydrogen) atoms. The van der Waals surface area contributed by atoms with Gasteiger partial charge >= 0.3 is 0 Å². The first-order valence-corrected chi connectivity index (χ1v) is 5.17. The molecule has 0 unspecified atom stereocenters. The van der Waals surface area contributed by atoms with E-state index in [1.165, 1.54) is 0 Å². The molecule has 0 aliphatic rings. The van der Waals surface area contributed by atoms with E-state index < -0.39 is 0 Å². The summed E-state index contributed by atoms with van der Waals surface area (Å²) in [6.07, 6.45) is 4.40. The van der Waals surface area contributed by atoms with Gasteiger partial charge in [-0.2, -0.15) is 0 Å². The number of hydrogen-bond donors (Lipinski definition) is 0. The number of carbonyl (C=O) groups is 1. The molecule has 1 amide bonds. The van der Waals surface area contributed by atoms with Crippen molar-refractivity contribution in [2.24, 2.45) is 0 Å². The normalized spacial score (nSPS) is 9.47. The van der Waals surface area contributed by atoms with Gasteiger partial charge in [0, 0.05) is 24.5 Å². The Balaban J connectivity index is 0.000000280. The molecule has 1 aromatic heterocycles. The summed E-state index contributed by atoms with van der Waals surface area (Å²) in [5, 5.41) is 0. The van der Waals surface area contributed by atoms with Gasteiger partial charge in [-0.3, -0.25) is 9.78 Å². The molecule has 0 spiro atoms. The lowest BCUT2D eigenvalue weighted by molar-refractivity contribution is -0.121. The van der Waals surface area contributed by atoms with Crippen molar-refractivity contribution in [3.63, 3.8) is 0 Å². The number of amides is 1. The van der Waals surface area contributed by atoms with Crippen molar-refractivity contribution in [2.45, 2.75) is 39.8 Å². The summed E-state index contributed by atoms with van der Waals surface area (Å²) in [5.41, 5.74) is 0. The van der Waals surface area contributed by atoms with Crippen LogP contribution in [0.15, 0.2) is 30.6 Å². The summed E-state index contributed by atoms with van der Waals surface area (Å²) in [6.45, 7) is 8.03. The number of aromatic nitrogens is 1. The van der Waals surface area contributed by atoms with Crippen molar-refractivity contribution in [2.75, 3.05) is 0 Å². The van der Waals surface area contributed by atoms with Crippen LogP contribution >= 0.6 is 0 Å². The van der Waals surface area contributed by atoms with Gasteiger partial charge in [0.1, 0.15) is 0 Å². The van der Waals surface area contributed by atoms with Crippen LogP contribution < -0.4 is 0 Å². The SMILES string of the molecule is CC(C)N(C=O)C(C)C.c1ccncc1. The molecule has 0 aromatic carbocycles. The van der Waals surface area contributed by atoms with Gasteiger partial charge in [-0.25, -0.2) is 0 Å². The van der Waals surface area contributed by atoms with Crippen LogP contribution in [0.3, 0.4) is 0 Å². The summed E-state index contributed by atoms with van der Waals surface area (Å²) < 4.78 is 0. The Morgan fingerprint density at radius 1 is 1.00 bits per heavy atom. The highest BCUT2D eigenvalue weighted by Gasteiger charge is 2.08. The third-order valence-electron chi connectivity index (χ3n) is 1.88. The minimum absolute atomic E-state index is 0.322. The van der Waals surface area contributed by atoms with Crippen LogP contribution in [0.5, 0.6) is 0 Å². The zero-order chi connectivity index (χ0) is 11.7. The molecule has 3 heteroatoms. The predicted molar refractivity (Wildman–Crippen MR) is 62.4 cm³/mol. The Morgan fingerprint density at radius 3 is 1.53 bits per heavy atom. The van der Waals surface area contributed by atoms with E-state index in [1.807, 2.05) is 45.9 Å². The summed E-state index contributed by atoms with van der Waals surface area (Å²) in [4.78, 5) is 15.9. The minimum Gasteiger partial charge on any atom is -0.340 e. The van der Waals surface area contributed by atoms with E-state index in [0.717, 1.165) is 6.41 Å². The van der Waals surface area contributed by atoms with Gasteiger partial charge in [-0.15, -0.1) is 0 Å². The monoisotopic (exact) mass is 208 g/mol. The average Bonchev–Trinajstić information content (AvgIpc) is 2.21. The second kappa shape index (κ2) is 7.97. The summed E-state index contributed by atoms with van der Waals surface area (Å²) in [6, 6.07) is 6.36. The van der Waals surface area contributed by atoms with Crippen molar-refractivity contribution in [1.82, 2.24) is 9.88 Å². The standard InChI is InChI=1S/C7H15NO.C5H5N/c1-6(2)8(5-9)7(3)4;1-2-4-6-5-3-1/h5-7H,1-4H3;1-5H. The molecule has 1 heterocycles. The van der Waals surface area contributed by atoms with E-state index in [2.05, 4.69) is 4.98 Å². The second-order valence-electron chi connectivity index (χ2n) is 3.76. The smallest absolute Gasteiger partial charge is 0.210 e. The van der Waals surface area contributed by atoms with Crippen molar-refractivity contribution >= 4 is 6.41 Å². The Morgan fingerprint density at radius 2 is 1.47 bits per heavy atom. The van der Waals surface area contributed by atoms with Crippen LogP contribution in [0, 0.1) is 0 Å². The van der Waals surface area contributed by atoms with E-state index in [-0.39, 0.29) is 0 Å². The zero-order valence-corrected chi connectivity index (χ0v) is 9.92. The molecule has 84 valence electrons. The molecule has 3 nitrogen and oxygen atoms in total. The van der Waals surface area contributed by atoms with Gasteiger partial charge in [0.05, 0.1) is 0 Å². The van der Waals surface area contributed by atoms with Crippen molar-refractivity contribution in [1.29, 1.82) is 0 Å². The third-order valence-corrected chi connectivity index (χ3v) is 1.88. The molecule has 0 saturated carbocycles. The highest BCUT2D eigenvalue weighted by molar-refractivity contribution is 5.47. The second-order valence-corrected chi connectivity index (χ2v) is 3.76. The topological polar surface area (TPSA) is 33.2 Å². The molecule has 0 atom stereocenters. The van der Waals surface area contributed by atoms with Gasteiger partial charge in [0.2, 0.25) is 6.41 Å². The van der Waals surface area contributed by atoms with Gasteiger partial charge in [0.15, 0.2) is 0 Å². The first-order valence-electron chi connectivity index (χ1n) is 5.17. The van der Waals surface area contributed by atoms with Crippen LogP contribution in [0.4, 0.5) is 0 Å². The molecule has 0 bridgehead atoms. The zero-order valence-electron chi connectivity index (χ0n) is 9.92. The van der Waals surface area contributed by atoms with Crippen molar-refractivity contribution in [3.05, 3.63) is 30.6 Å². The van der Waals surface area contributed by atoms with Crippen LogP contribution in [0.2, 0.25) is 0 Å². The number of carbonyl (C=O) groups excluding carboxylic acids is 1. The van der Waals surface area contributed by atoms with Crippen molar-refractivity contribution < 1.29 is 4.79 Å². The molecular formula is C12H20N2O. The quantitative estimate of drug-likeness (QED) is 0.714. The van der Waals surface area contributed by atoms with E-state index in [4.69, 9.17) is 0 Å². The maximum absolute atomic E-state index is 10.3. The van der Waals surface area contributed by atoms with Crippen LogP contribution in [0.1, 0.15) is 27.7 Å². The summed E-state index contributed by atoms with van der Waals surface area (Å²) >= 11 is 0. The summed E-state index contributed by atoms with van der Waals surface area (Å²) in [5.74, 6) is 0. The fraction of sp³-hybridized carbons (Fsp3) is 0.500. The van der Waals surface area contributed by atoms with Crippen molar-refractivity contribution in [3.8, 4) is 0 Å². The van der Waals surface area contributed by atoms with E-state index in [9.17, 15) is 4.79 Å². The number of rotatable bonds is 3. The molecule has 0 aliphatic heterocycles. The van der Waals surface area contributed by atoms with Crippen LogP contribution in [-0.2, 0) is 4.79 Å². The lowest BCUT2D eigenvalue weighted by Crippen LogP contribution is -2.35. The van der Waals surface area contributed by atoms with Gasteiger partial charge < -0.3 is 4.90 Å².